The van der Waals surface area contributed by atoms with E-state index in [9.17, 15) is 27.6 Å². The van der Waals surface area contributed by atoms with Gasteiger partial charge in [-0.2, -0.15) is 4.40 Å². The van der Waals surface area contributed by atoms with Crippen molar-refractivity contribution in [2.24, 2.45) is 42.9 Å². The van der Waals surface area contributed by atoms with Crippen molar-refractivity contribution in [3.63, 3.8) is 0 Å². The Morgan fingerprint density at radius 2 is 0.920 bits per heavy atom. The van der Waals surface area contributed by atoms with Crippen LogP contribution >= 0.6 is 35.8 Å². The van der Waals surface area contributed by atoms with Gasteiger partial charge in [-0.05, 0) is 294 Å². The summed E-state index contributed by atoms with van der Waals surface area (Å²) in [4.78, 5) is 93.5. The van der Waals surface area contributed by atoms with Gasteiger partial charge < -0.3 is 62.1 Å². The highest BCUT2D eigenvalue weighted by molar-refractivity contribution is 7.99. The number of hydrogen-bond donors (Lipinski definition) is 6. The van der Waals surface area contributed by atoms with Gasteiger partial charge in [0, 0.05) is 105 Å². The van der Waals surface area contributed by atoms with Gasteiger partial charge in [-0.25, -0.2) is 42.5 Å². The number of nitrogens with zero attached hydrogens (tertiary/aromatic N) is 13. The zero-order valence-electron chi connectivity index (χ0n) is 75.1. The number of Topliss-reactive ketones (excluding diaryl/α,β-unsaturated/α-hetero) is 1. The zero-order valence-corrected chi connectivity index (χ0v) is 79.1. The average Bonchev–Trinajstić information content (AvgIpc) is 1.62. The SMILES string of the molecule is CC(C)(C)OC(=O)N1CCC2(CC1)Cc1cccnc1C2=N[S@](=O)C(C)(C)C.CC(C)(C)OC(=O)N1CCC2(CC1)Cc1cccnc1C2=O.CC(C)(C)OC(=O)N1CCC2(CC1)Cc1cccnc1[C@H]2N[S@](=O)C(C)(C)C.Cl.N[C@@H]1c2ncccc2CC12CCNCC2.Nc1nc(N2CCC3(CC2)Cc2cccnc2[C@H]3N)cnc1Sc1ccnc(N)c1Cl. The number of nitrogens with two attached hydrogens (primary N) is 4. The summed E-state index contributed by atoms with van der Waals surface area (Å²) in [5.41, 5.74) is 34.8. The Hall–Kier alpha value is -8.40. The van der Waals surface area contributed by atoms with Crippen LogP contribution in [0.2, 0.25) is 5.02 Å². The number of likely N-dealkylation sites (tertiary alicyclic amines) is 3. The van der Waals surface area contributed by atoms with Crippen LogP contribution in [0.25, 0.3) is 0 Å². The zero-order chi connectivity index (χ0) is 89.3. The van der Waals surface area contributed by atoms with Crippen molar-refractivity contribution in [1.82, 2.24) is 64.6 Å². The lowest BCUT2D eigenvalue weighted by molar-refractivity contribution is 0.00688. The number of fused-ring (bicyclic) bond motifs is 5. The standard InChI is InChI=1S/C21H23ClN8S.C21H33N3O3S.C21H31N3O3S.C17H22N2O3.C12H17N3.ClH/c22-15-13(3-7-27-18(15)24)31-20-19(25)29-14(11-28-20)30-8-4-21(5-9-30)10-12-2-1-6-26-16(12)17(21)23;2*1-19(2,3)27-18(25)24-12-9-21(10-13-24)14-15-8-7-11-22-16(15)17(21)23-28(26)20(4,5)6;1-16(2,3)22-15(21)19-9-6-17(7-10-19)11-12-5-4-8-18-13(12)14(17)20;13-11-10-9(2-1-5-15-10)8-12(11)3-6-14-7-4-12;/h1-3,6-7,11,17H,4-5,8-10,23H2,(H2,24,27)(H2,25,29);7-8,11,17,23H,9-10,12-14H2,1-6H3;7-8,11H,9-10,12-14H2,1-6H3;4-5,8H,6-7,9-11H2,1-3H3;1-2,5,11,14H,3-4,6-8,13H2;1H/t17-;17-,28-;28-;;11-;/m111.1./s1. The van der Waals surface area contributed by atoms with E-state index in [4.69, 9.17) is 48.7 Å². The molecule has 5 saturated heterocycles. The molecule has 7 aromatic rings. The molecule has 5 fully saturated rings. The van der Waals surface area contributed by atoms with E-state index in [2.05, 4.69) is 83.5 Å². The number of carbonyl (C=O) groups is 4. The van der Waals surface area contributed by atoms with E-state index in [-0.39, 0.29) is 86.8 Å². The average molecular weight is 1810 g/mol. The van der Waals surface area contributed by atoms with Crippen molar-refractivity contribution in [2.45, 2.75) is 255 Å². The van der Waals surface area contributed by atoms with E-state index in [0.717, 1.165) is 147 Å². The number of ketones is 1. The fraction of sp³-hybridized carbons (Fsp3) is 0.576. The predicted octanol–water partition coefficient (Wildman–Crippen LogP) is 15.0. The van der Waals surface area contributed by atoms with Gasteiger partial charge in [0.15, 0.2) is 11.6 Å². The lowest BCUT2D eigenvalue weighted by Gasteiger charge is -2.43. The topological polar surface area (TPSA) is 387 Å². The number of aromatic nitrogens is 8. The van der Waals surface area contributed by atoms with Crippen LogP contribution in [0.3, 0.4) is 0 Å². The van der Waals surface area contributed by atoms with E-state index in [1.165, 1.54) is 41.3 Å². The Labute approximate surface area is 757 Å². The summed E-state index contributed by atoms with van der Waals surface area (Å²) in [6.45, 7) is 36.1. The van der Waals surface area contributed by atoms with Gasteiger partial charge in [-0.3, -0.25) is 29.7 Å². The van der Waals surface area contributed by atoms with Gasteiger partial charge in [0.05, 0.1) is 78.3 Å². The van der Waals surface area contributed by atoms with Crippen LogP contribution in [0.4, 0.5) is 31.8 Å². The van der Waals surface area contributed by atoms with E-state index in [1.807, 2.05) is 159 Å². The van der Waals surface area contributed by atoms with Gasteiger partial charge in [0.1, 0.15) is 50.1 Å². The summed E-state index contributed by atoms with van der Waals surface area (Å²) in [6.07, 6.45) is 25.0. The van der Waals surface area contributed by atoms with Gasteiger partial charge in [-0.15, -0.1) is 12.4 Å². The van der Waals surface area contributed by atoms with Gasteiger partial charge in [0.2, 0.25) is 0 Å². The minimum atomic E-state index is -1.35. The smallest absolute Gasteiger partial charge is 0.410 e. The summed E-state index contributed by atoms with van der Waals surface area (Å²) in [5, 5.41) is 4.39. The summed E-state index contributed by atoms with van der Waals surface area (Å²) in [7, 11) is -2.54. The molecule has 33 heteroatoms. The summed E-state index contributed by atoms with van der Waals surface area (Å²) in [5.74, 6) is 1.56. The number of rotatable bonds is 6. The Morgan fingerprint density at radius 1 is 0.504 bits per heavy atom. The molecular weight excluding hydrogens is 1680 g/mol. The van der Waals surface area contributed by atoms with Gasteiger partial charge in [0.25, 0.3) is 0 Å². The maximum atomic E-state index is 12.9. The van der Waals surface area contributed by atoms with Crippen molar-refractivity contribution in [3.8, 4) is 0 Å². The summed E-state index contributed by atoms with van der Waals surface area (Å²) >= 11 is 7.56. The number of carbonyl (C=O) groups excluding carboxylic acids is 4. The number of piperidine rings is 5. The van der Waals surface area contributed by atoms with Crippen LogP contribution in [0.1, 0.15) is 247 Å². The molecule has 0 aromatic carbocycles. The third-order valence-electron chi connectivity index (χ3n) is 25.6. The molecule has 0 unspecified atom stereocenters. The van der Waals surface area contributed by atoms with Crippen LogP contribution in [0.5, 0.6) is 0 Å². The second-order valence-corrected chi connectivity index (χ2v) is 45.2. The molecule has 125 heavy (non-hydrogen) atoms. The minimum absolute atomic E-state index is 0. The summed E-state index contributed by atoms with van der Waals surface area (Å²) < 4.78 is 49.4. The number of nitrogen functional groups attached to an aromatic ring is 2. The number of ether oxygens (including phenoxy) is 3. The molecule has 5 atom stereocenters. The molecule has 676 valence electrons. The Kier molecular flexibility index (Phi) is 29.2. The van der Waals surface area contributed by atoms with E-state index < -0.39 is 43.5 Å². The van der Waals surface area contributed by atoms with Crippen molar-refractivity contribution in [3.05, 3.63) is 171 Å². The number of amides is 3. The minimum Gasteiger partial charge on any atom is -0.444 e. The Morgan fingerprint density at radius 3 is 1.38 bits per heavy atom. The first-order chi connectivity index (χ1) is 58.4. The fourth-order valence-corrected chi connectivity index (χ4v) is 21.4. The molecule has 0 bridgehead atoms. The maximum Gasteiger partial charge on any atom is 0.410 e. The normalized spacial score (nSPS) is 21.7. The molecule has 5 aliphatic heterocycles. The third kappa shape index (κ3) is 21.8. The number of pyridine rings is 6. The first-order valence-electron chi connectivity index (χ1n) is 43.5. The highest BCUT2D eigenvalue weighted by atomic mass is 35.5. The second-order valence-electron chi connectivity index (χ2n) is 39.9. The molecule has 3 amide bonds. The van der Waals surface area contributed by atoms with Crippen LogP contribution in [0.15, 0.2) is 124 Å². The van der Waals surface area contributed by atoms with Crippen molar-refractivity contribution in [2.75, 3.05) is 81.8 Å². The molecular formula is C92H127Cl2N19O9S3. The van der Waals surface area contributed by atoms with Crippen LogP contribution in [0, 0.1) is 27.1 Å². The molecule has 10 aliphatic rings. The van der Waals surface area contributed by atoms with Gasteiger partial charge >= 0.3 is 18.3 Å². The molecule has 12 heterocycles. The second kappa shape index (κ2) is 38.1. The Balaban J connectivity index is 0.000000144. The lowest BCUT2D eigenvalue weighted by Crippen LogP contribution is -2.50. The van der Waals surface area contributed by atoms with Crippen molar-refractivity contribution in [1.29, 1.82) is 0 Å². The third-order valence-corrected chi connectivity index (χ3v) is 30.2. The molecule has 5 spiro atoms. The van der Waals surface area contributed by atoms with Crippen LogP contribution in [-0.2, 0) is 68.3 Å². The molecule has 17 rings (SSSR count). The lowest BCUT2D eigenvalue weighted by atomic mass is 9.73. The van der Waals surface area contributed by atoms with Crippen molar-refractivity contribution < 1.29 is 41.8 Å². The fourth-order valence-electron chi connectivity index (χ4n) is 18.7. The highest BCUT2D eigenvalue weighted by Gasteiger charge is 2.54. The molecule has 5 aliphatic carbocycles. The molecule has 0 saturated carbocycles. The summed E-state index contributed by atoms with van der Waals surface area (Å²) in [6, 6.07) is 22.1. The first kappa shape index (κ1) is 95.7. The largest absolute Gasteiger partial charge is 0.444 e. The molecule has 28 nitrogen and oxygen atoms in total. The number of hydrogen-bond acceptors (Lipinski definition) is 24. The van der Waals surface area contributed by atoms with Crippen molar-refractivity contribution >= 4 is 105 Å². The molecule has 0 radical (unpaired) electrons. The highest BCUT2D eigenvalue weighted by Crippen LogP contribution is 2.55. The monoisotopic (exact) mass is 1810 g/mol. The molecule has 10 N–H and O–H groups in total. The van der Waals surface area contributed by atoms with Crippen LogP contribution < -0.4 is 37.9 Å². The quantitative estimate of drug-likeness (QED) is 0.0842. The number of halogens is 2. The first-order valence-corrected chi connectivity index (χ1v) is 46.9. The Bertz CT molecular complexity index is 5130. The van der Waals surface area contributed by atoms with E-state index in [0.29, 0.717) is 79.1 Å². The van der Waals surface area contributed by atoms with E-state index in [1.54, 1.807) is 45.6 Å². The van der Waals surface area contributed by atoms with Crippen LogP contribution in [-0.4, -0.2) is 185 Å². The van der Waals surface area contributed by atoms with E-state index >= 15 is 0 Å². The predicted molar refractivity (Wildman–Crippen MR) is 494 cm³/mol. The number of anilines is 3. The number of nitrogens with one attached hydrogen (secondary N) is 2. The maximum absolute atomic E-state index is 12.9. The van der Waals surface area contributed by atoms with Gasteiger partial charge in [-0.1, -0.05) is 53.7 Å². The molecule has 7 aromatic heterocycles.